The van der Waals surface area contributed by atoms with Crippen molar-refractivity contribution in [1.29, 1.82) is 0 Å². The predicted octanol–water partition coefficient (Wildman–Crippen LogP) is 1.64. The van der Waals surface area contributed by atoms with Crippen molar-refractivity contribution in [3.05, 3.63) is 29.3 Å². The van der Waals surface area contributed by atoms with Gasteiger partial charge in [0, 0.05) is 11.5 Å². The van der Waals surface area contributed by atoms with Crippen LogP contribution >= 0.6 is 0 Å². The minimum absolute atomic E-state index is 0.378. The molecular formula is C13H18O4. The normalized spacial score (nSPS) is 13.9. The number of aliphatic hydroxyl groups excluding tert-OH is 1. The molecule has 4 nitrogen and oxygen atoms in total. The standard InChI is InChI=1S/C13H18O4/c1-8-5-6-11(16-3)10(7-8)9(2)12(14)13(15)17-4/h5-7,9,12,14H,1-4H3. The summed E-state index contributed by atoms with van der Waals surface area (Å²) >= 11 is 0. The van der Waals surface area contributed by atoms with Crippen LogP contribution in [0, 0.1) is 6.92 Å². The first-order valence-corrected chi connectivity index (χ1v) is 5.41. The van der Waals surface area contributed by atoms with Crippen LogP contribution in [0.5, 0.6) is 5.75 Å². The zero-order valence-electron chi connectivity index (χ0n) is 10.6. The summed E-state index contributed by atoms with van der Waals surface area (Å²) in [6, 6.07) is 5.64. The van der Waals surface area contributed by atoms with Crippen LogP contribution in [0.25, 0.3) is 0 Å². The summed E-state index contributed by atoms with van der Waals surface area (Å²) in [4.78, 5) is 11.3. The molecule has 0 radical (unpaired) electrons. The van der Waals surface area contributed by atoms with E-state index in [9.17, 15) is 9.90 Å². The Balaban J connectivity index is 3.05. The van der Waals surface area contributed by atoms with Crippen LogP contribution in [0.15, 0.2) is 18.2 Å². The summed E-state index contributed by atoms with van der Waals surface area (Å²) in [5.41, 5.74) is 1.84. The number of methoxy groups -OCH3 is 2. The maximum atomic E-state index is 11.3. The van der Waals surface area contributed by atoms with E-state index in [1.54, 1.807) is 14.0 Å². The molecule has 1 rings (SSSR count). The third-order valence-corrected chi connectivity index (χ3v) is 2.79. The summed E-state index contributed by atoms with van der Waals surface area (Å²) in [5, 5.41) is 9.82. The molecule has 4 heteroatoms. The van der Waals surface area contributed by atoms with Gasteiger partial charge in [0.2, 0.25) is 0 Å². The van der Waals surface area contributed by atoms with Crippen molar-refractivity contribution in [2.45, 2.75) is 25.9 Å². The van der Waals surface area contributed by atoms with Crippen molar-refractivity contribution in [1.82, 2.24) is 0 Å². The van der Waals surface area contributed by atoms with E-state index in [1.807, 2.05) is 25.1 Å². The van der Waals surface area contributed by atoms with Gasteiger partial charge in [0.1, 0.15) is 5.75 Å². The number of aliphatic hydroxyl groups is 1. The third-order valence-electron chi connectivity index (χ3n) is 2.79. The Kier molecular flexibility index (Phi) is 4.52. The Labute approximate surface area is 101 Å². The van der Waals surface area contributed by atoms with E-state index in [0.29, 0.717) is 5.75 Å². The van der Waals surface area contributed by atoms with Gasteiger partial charge in [0.25, 0.3) is 0 Å². The molecule has 0 saturated heterocycles. The lowest BCUT2D eigenvalue weighted by molar-refractivity contribution is -0.151. The number of ether oxygens (including phenoxy) is 2. The molecule has 0 aliphatic carbocycles. The summed E-state index contributed by atoms with van der Waals surface area (Å²) in [6.07, 6.45) is -1.18. The number of carbonyl (C=O) groups excluding carboxylic acids is 1. The molecule has 0 saturated carbocycles. The van der Waals surface area contributed by atoms with E-state index in [2.05, 4.69) is 4.74 Å². The number of aryl methyl sites for hydroxylation is 1. The average molecular weight is 238 g/mol. The number of carbonyl (C=O) groups is 1. The van der Waals surface area contributed by atoms with Crippen LogP contribution in [0.2, 0.25) is 0 Å². The molecule has 1 N–H and O–H groups in total. The average Bonchev–Trinajstić information content (AvgIpc) is 2.35. The zero-order valence-corrected chi connectivity index (χ0v) is 10.6. The number of hydrogen-bond acceptors (Lipinski definition) is 4. The van der Waals surface area contributed by atoms with Crippen LogP contribution in [-0.2, 0) is 9.53 Å². The first-order valence-electron chi connectivity index (χ1n) is 5.41. The number of rotatable bonds is 4. The second-order valence-electron chi connectivity index (χ2n) is 4.00. The van der Waals surface area contributed by atoms with Gasteiger partial charge in [-0.1, -0.05) is 24.6 Å². The number of benzene rings is 1. The Hall–Kier alpha value is -1.55. The zero-order chi connectivity index (χ0) is 13.0. The van der Waals surface area contributed by atoms with E-state index in [4.69, 9.17) is 4.74 Å². The van der Waals surface area contributed by atoms with Crippen molar-refractivity contribution >= 4 is 5.97 Å². The molecule has 2 atom stereocenters. The SMILES string of the molecule is COC(=O)C(O)C(C)c1cc(C)ccc1OC. The van der Waals surface area contributed by atoms with Crippen LogP contribution in [0.3, 0.4) is 0 Å². The van der Waals surface area contributed by atoms with Crippen molar-refractivity contribution in [3.63, 3.8) is 0 Å². The fourth-order valence-electron chi connectivity index (χ4n) is 1.70. The molecule has 0 heterocycles. The maximum absolute atomic E-state index is 11.3. The topological polar surface area (TPSA) is 55.8 Å². The van der Waals surface area contributed by atoms with E-state index in [-0.39, 0.29) is 5.92 Å². The van der Waals surface area contributed by atoms with Gasteiger partial charge >= 0.3 is 5.97 Å². The molecule has 0 aliphatic rings. The van der Waals surface area contributed by atoms with Gasteiger partial charge in [-0.15, -0.1) is 0 Å². The molecule has 0 fully saturated rings. The first kappa shape index (κ1) is 13.5. The molecule has 1 aromatic rings. The highest BCUT2D eigenvalue weighted by atomic mass is 16.5. The van der Waals surface area contributed by atoms with Crippen molar-refractivity contribution in [2.75, 3.05) is 14.2 Å². The second-order valence-corrected chi connectivity index (χ2v) is 4.00. The van der Waals surface area contributed by atoms with Gasteiger partial charge in [-0.2, -0.15) is 0 Å². The van der Waals surface area contributed by atoms with Crippen molar-refractivity contribution in [3.8, 4) is 5.75 Å². The van der Waals surface area contributed by atoms with Crippen LogP contribution in [0.1, 0.15) is 24.0 Å². The molecule has 0 bridgehead atoms. The molecule has 0 aliphatic heterocycles. The van der Waals surface area contributed by atoms with E-state index >= 15 is 0 Å². The van der Waals surface area contributed by atoms with Gasteiger partial charge in [-0.3, -0.25) is 0 Å². The van der Waals surface area contributed by atoms with Crippen LogP contribution in [-0.4, -0.2) is 31.4 Å². The summed E-state index contributed by atoms with van der Waals surface area (Å²) < 4.78 is 9.75. The van der Waals surface area contributed by atoms with Crippen molar-refractivity contribution in [2.24, 2.45) is 0 Å². The Morgan fingerprint density at radius 3 is 2.53 bits per heavy atom. The smallest absolute Gasteiger partial charge is 0.335 e. The molecule has 0 amide bonds. The summed E-state index contributed by atoms with van der Waals surface area (Å²) in [6.45, 7) is 3.71. The van der Waals surface area contributed by atoms with Gasteiger partial charge in [-0.25, -0.2) is 4.79 Å². The van der Waals surface area contributed by atoms with Crippen LogP contribution < -0.4 is 4.74 Å². The summed E-state index contributed by atoms with van der Waals surface area (Å²) in [5.74, 6) is -0.357. The molecular weight excluding hydrogens is 220 g/mol. The highest BCUT2D eigenvalue weighted by Gasteiger charge is 2.26. The highest BCUT2D eigenvalue weighted by Crippen LogP contribution is 2.30. The molecule has 17 heavy (non-hydrogen) atoms. The monoisotopic (exact) mass is 238 g/mol. The largest absolute Gasteiger partial charge is 0.496 e. The van der Waals surface area contributed by atoms with E-state index in [1.165, 1.54) is 7.11 Å². The molecule has 0 aromatic heterocycles. The minimum atomic E-state index is -1.18. The lowest BCUT2D eigenvalue weighted by Crippen LogP contribution is -2.27. The first-order chi connectivity index (χ1) is 8.01. The van der Waals surface area contributed by atoms with E-state index in [0.717, 1.165) is 11.1 Å². The third kappa shape index (κ3) is 2.97. The van der Waals surface area contributed by atoms with Gasteiger partial charge in [0.15, 0.2) is 6.10 Å². The second kappa shape index (κ2) is 5.68. The predicted molar refractivity (Wildman–Crippen MR) is 64.2 cm³/mol. The quantitative estimate of drug-likeness (QED) is 0.810. The van der Waals surface area contributed by atoms with Gasteiger partial charge in [-0.05, 0) is 13.0 Å². The molecule has 94 valence electrons. The Morgan fingerprint density at radius 1 is 1.35 bits per heavy atom. The van der Waals surface area contributed by atoms with Gasteiger partial charge in [0.05, 0.1) is 14.2 Å². The highest BCUT2D eigenvalue weighted by molar-refractivity contribution is 5.75. The van der Waals surface area contributed by atoms with Crippen LogP contribution in [0.4, 0.5) is 0 Å². The minimum Gasteiger partial charge on any atom is -0.496 e. The number of hydrogen-bond donors (Lipinski definition) is 1. The molecule has 1 aromatic carbocycles. The molecule has 0 spiro atoms. The Bertz CT molecular complexity index is 400. The fourth-order valence-corrected chi connectivity index (χ4v) is 1.70. The maximum Gasteiger partial charge on any atom is 0.335 e. The Morgan fingerprint density at radius 2 is 2.00 bits per heavy atom. The van der Waals surface area contributed by atoms with Gasteiger partial charge < -0.3 is 14.6 Å². The fraction of sp³-hybridized carbons (Fsp3) is 0.462. The lowest BCUT2D eigenvalue weighted by atomic mass is 9.93. The van der Waals surface area contributed by atoms with Crippen molar-refractivity contribution < 1.29 is 19.4 Å². The lowest BCUT2D eigenvalue weighted by Gasteiger charge is -2.20. The summed E-state index contributed by atoms with van der Waals surface area (Å²) in [7, 11) is 2.82. The number of esters is 1. The molecule has 2 unspecified atom stereocenters. The van der Waals surface area contributed by atoms with E-state index < -0.39 is 12.1 Å².